The highest BCUT2D eigenvalue weighted by Crippen LogP contribution is 2.67. The van der Waals surface area contributed by atoms with E-state index in [-0.39, 0.29) is 22.9 Å². The fourth-order valence-corrected chi connectivity index (χ4v) is 4.50. The first-order valence-corrected chi connectivity index (χ1v) is 9.47. The zero-order valence-electron chi connectivity index (χ0n) is 17.0. The van der Waals surface area contributed by atoms with Gasteiger partial charge in [0.15, 0.2) is 11.5 Å². The van der Waals surface area contributed by atoms with Crippen molar-refractivity contribution in [3.63, 3.8) is 0 Å². The van der Waals surface area contributed by atoms with E-state index in [0.717, 1.165) is 11.3 Å². The molecular formula is C23H22O6. The van der Waals surface area contributed by atoms with E-state index < -0.39 is 0 Å². The second kappa shape index (κ2) is 5.92. The van der Waals surface area contributed by atoms with E-state index in [0.29, 0.717) is 39.3 Å². The fourth-order valence-electron chi connectivity index (χ4n) is 4.50. The van der Waals surface area contributed by atoms with Crippen LogP contribution in [0.2, 0.25) is 0 Å². The first-order valence-electron chi connectivity index (χ1n) is 9.47. The highest BCUT2D eigenvalue weighted by molar-refractivity contribution is 5.88. The van der Waals surface area contributed by atoms with Gasteiger partial charge in [-0.25, -0.2) is 0 Å². The predicted octanol–water partition coefficient (Wildman–Crippen LogP) is 4.37. The Hall–Kier alpha value is -3.15. The summed E-state index contributed by atoms with van der Waals surface area (Å²) in [6.45, 7) is 4.34. The van der Waals surface area contributed by atoms with Crippen LogP contribution in [-0.4, -0.2) is 27.4 Å². The number of hydrogen-bond acceptors (Lipinski definition) is 6. The van der Waals surface area contributed by atoms with Crippen LogP contribution in [0, 0.1) is 5.41 Å². The van der Waals surface area contributed by atoms with Gasteiger partial charge in [-0.15, -0.1) is 0 Å². The maximum Gasteiger partial charge on any atom is 0.200 e. The third-order valence-corrected chi connectivity index (χ3v) is 6.23. The van der Waals surface area contributed by atoms with Crippen LogP contribution < -0.4 is 24.4 Å². The van der Waals surface area contributed by atoms with Gasteiger partial charge in [-0.1, -0.05) is 13.8 Å². The Morgan fingerprint density at radius 3 is 2.31 bits per heavy atom. The number of fused-ring (bicyclic) bond motifs is 5. The van der Waals surface area contributed by atoms with Crippen LogP contribution in [0.5, 0.6) is 23.0 Å². The number of hydrogen-bond donors (Lipinski definition) is 0. The van der Waals surface area contributed by atoms with Crippen molar-refractivity contribution in [1.82, 2.24) is 0 Å². The van der Waals surface area contributed by atoms with Crippen LogP contribution in [0.1, 0.15) is 25.3 Å². The monoisotopic (exact) mass is 394 g/mol. The normalized spacial score (nSPS) is 20.6. The van der Waals surface area contributed by atoms with Gasteiger partial charge in [0.2, 0.25) is 5.43 Å². The molecule has 2 aliphatic rings. The molecule has 5 rings (SSSR count). The lowest BCUT2D eigenvalue weighted by molar-refractivity contribution is 0.266. The van der Waals surface area contributed by atoms with Crippen molar-refractivity contribution in [2.24, 2.45) is 5.41 Å². The molecule has 0 spiro atoms. The van der Waals surface area contributed by atoms with Crippen LogP contribution in [0.3, 0.4) is 0 Å². The molecule has 3 aromatic rings. The van der Waals surface area contributed by atoms with Crippen molar-refractivity contribution in [3.8, 4) is 34.1 Å². The van der Waals surface area contributed by atoms with Crippen molar-refractivity contribution in [3.05, 3.63) is 46.3 Å². The second-order valence-corrected chi connectivity index (χ2v) is 8.08. The molecule has 6 heteroatoms. The van der Waals surface area contributed by atoms with Crippen LogP contribution in [0.25, 0.3) is 22.1 Å². The minimum Gasteiger partial charge on any atom is -0.496 e. The lowest BCUT2D eigenvalue weighted by Gasteiger charge is -2.15. The molecule has 1 aromatic heterocycles. The molecule has 0 saturated heterocycles. The van der Waals surface area contributed by atoms with Crippen molar-refractivity contribution < 1.29 is 23.4 Å². The van der Waals surface area contributed by atoms with Gasteiger partial charge in [0.05, 0.1) is 32.3 Å². The molecule has 29 heavy (non-hydrogen) atoms. The van der Waals surface area contributed by atoms with E-state index >= 15 is 0 Å². The first-order chi connectivity index (χ1) is 13.9. The Labute approximate surface area is 167 Å². The molecule has 2 unspecified atom stereocenters. The molecule has 2 atom stereocenters. The Balaban J connectivity index is 1.72. The van der Waals surface area contributed by atoms with E-state index in [1.54, 1.807) is 39.5 Å². The lowest BCUT2D eigenvalue weighted by atomic mass is 9.98. The third kappa shape index (κ3) is 2.32. The van der Waals surface area contributed by atoms with Crippen LogP contribution in [0.4, 0.5) is 0 Å². The van der Waals surface area contributed by atoms with Gasteiger partial charge in [-0.3, -0.25) is 4.79 Å². The van der Waals surface area contributed by atoms with Gasteiger partial charge in [-0.2, -0.15) is 0 Å². The maximum atomic E-state index is 13.4. The maximum absolute atomic E-state index is 13.4. The number of ether oxygens (including phenoxy) is 4. The summed E-state index contributed by atoms with van der Waals surface area (Å²) >= 11 is 0. The van der Waals surface area contributed by atoms with Crippen LogP contribution >= 0.6 is 0 Å². The second-order valence-electron chi connectivity index (χ2n) is 8.08. The molecule has 1 fully saturated rings. The molecule has 0 N–H and O–H groups in total. The zero-order valence-corrected chi connectivity index (χ0v) is 17.0. The fraction of sp³-hybridized carbons (Fsp3) is 0.348. The summed E-state index contributed by atoms with van der Waals surface area (Å²) < 4.78 is 28.3. The molecule has 6 nitrogen and oxygen atoms in total. The molecule has 0 amide bonds. The summed E-state index contributed by atoms with van der Waals surface area (Å²) in [5.41, 5.74) is 2.53. The average Bonchev–Trinajstić information content (AvgIpc) is 3.06. The molecular weight excluding hydrogens is 372 g/mol. The van der Waals surface area contributed by atoms with Crippen LogP contribution in [0.15, 0.2) is 39.7 Å². The zero-order chi connectivity index (χ0) is 20.5. The van der Waals surface area contributed by atoms with E-state index in [1.807, 2.05) is 6.07 Å². The third-order valence-electron chi connectivity index (χ3n) is 6.23. The smallest absolute Gasteiger partial charge is 0.200 e. The lowest BCUT2D eigenvalue weighted by Crippen LogP contribution is -2.09. The van der Waals surface area contributed by atoms with E-state index in [9.17, 15) is 4.79 Å². The van der Waals surface area contributed by atoms with Crippen molar-refractivity contribution in [1.29, 1.82) is 0 Å². The Bertz CT molecular complexity index is 1210. The first kappa shape index (κ1) is 17.9. The van der Waals surface area contributed by atoms with E-state index in [4.69, 9.17) is 23.4 Å². The quantitative estimate of drug-likeness (QED) is 0.655. The summed E-state index contributed by atoms with van der Waals surface area (Å²) in [5.74, 6) is 2.60. The average molecular weight is 394 g/mol. The molecule has 0 bridgehead atoms. The molecule has 0 radical (unpaired) electrons. The van der Waals surface area contributed by atoms with Crippen LogP contribution in [-0.2, 0) is 0 Å². The van der Waals surface area contributed by atoms with E-state index in [1.165, 1.54) is 6.26 Å². The molecule has 2 heterocycles. The molecule has 1 saturated carbocycles. The Kier molecular flexibility index (Phi) is 3.66. The molecule has 1 aliphatic carbocycles. The van der Waals surface area contributed by atoms with Gasteiger partial charge >= 0.3 is 0 Å². The minimum absolute atomic E-state index is 0.0606. The SMILES string of the molecule is COc1cc(OC)c(-c2coc3c4c(ccc3c2=O)OC2C4C2(C)C)cc1OC. The summed E-state index contributed by atoms with van der Waals surface area (Å²) in [5, 5.41) is 0.532. The molecule has 150 valence electrons. The van der Waals surface area contributed by atoms with Gasteiger partial charge in [0.1, 0.15) is 29.4 Å². The van der Waals surface area contributed by atoms with Gasteiger partial charge < -0.3 is 23.4 Å². The summed E-state index contributed by atoms with van der Waals surface area (Å²) in [7, 11) is 4.65. The molecule has 1 aliphatic heterocycles. The Morgan fingerprint density at radius 2 is 1.62 bits per heavy atom. The molecule has 2 aromatic carbocycles. The highest BCUT2D eigenvalue weighted by atomic mass is 16.5. The minimum atomic E-state index is -0.124. The van der Waals surface area contributed by atoms with Gasteiger partial charge in [0.25, 0.3) is 0 Å². The predicted molar refractivity (Wildman–Crippen MR) is 109 cm³/mol. The van der Waals surface area contributed by atoms with Gasteiger partial charge in [0, 0.05) is 28.5 Å². The summed E-state index contributed by atoms with van der Waals surface area (Å²) in [6, 6.07) is 7.07. The summed E-state index contributed by atoms with van der Waals surface area (Å²) in [6.07, 6.45) is 1.65. The highest BCUT2D eigenvalue weighted by Gasteiger charge is 2.66. The number of benzene rings is 2. The van der Waals surface area contributed by atoms with Crippen molar-refractivity contribution in [2.75, 3.05) is 21.3 Å². The topological polar surface area (TPSA) is 67.1 Å². The number of rotatable bonds is 4. The number of methoxy groups -OCH3 is 3. The van der Waals surface area contributed by atoms with Crippen molar-refractivity contribution >= 4 is 11.0 Å². The van der Waals surface area contributed by atoms with Crippen molar-refractivity contribution in [2.45, 2.75) is 25.9 Å². The largest absolute Gasteiger partial charge is 0.496 e. The summed E-state index contributed by atoms with van der Waals surface area (Å²) in [4.78, 5) is 13.4. The standard InChI is InChI=1S/C23H22O6/c1-23(2)19-18-14(29-22(19)23)7-6-11-20(24)13(10-28-21(11)18)12-8-16(26-4)17(27-5)9-15(12)25-3/h6-10,19,22H,1-5H3. The van der Waals surface area contributed by atoms with E-state index in [2.05, 4.69) is 13.8 Å². The Morgan fingerprint density at radius 1 is 0.931 bits per heavy atom. The van der Waals surface area contributed by atoms with Gasteiger partial charge in [-0.05, 0) is 18.2 Å².